The molecule has 1 N–H and O–H groups in total. The number of amides is 1. The number of nitrogens with one attached hydrogen (secondary N) is 1. The van der Waals surface area contributed by atoms with Gasteiger partial charge in [0.25, 0.3) is 5.91 Å². The maximum absolute atomic E-state index is 12.4. The van der Waals surface area contributed by atoms with Crippen molar-refractivity contribution in [2.24, 2.45) is 0 Å². The molecule has 0 spiro atoms. The Balaban J connectivity index is 3.13. The van der Waals surface area contributed by atoms with Crippen molar-refractivity contribution in [2.45, 2.75) is 32.2 Å². The molecule has 6 nitrogen and oxygen atoms in total. The smallest absolute Gasteiger partial charge is 0.311 e. The van der Waals surface area contributed by atoms with Gasteiger partial charge in [-0.05, 0) is 25.8 Å². The molecule has 1 aromatic rings. The number of carbonyl (C=O) groups excluding carboxylic acids is 1. The lowest BCUT2D eigenvalue weighted by Crippen LogP contribution is -2.45. The Morgan fingerprint density at radius 2 is 2.19 bits per heavy atom. The number of nitro benzene ring substituents is 1. The Labute approximate surface area is 132 Å². The number of carbonyl (C=O) groups is 1. The fourth-order valence-corrected chi connectivity index (χ4v) is 2.81. The van der Waals surface area contributed by atoms with E-state index in [0.29, 0.717) is 0 Å². The van der Waals surface area contributed by atoms with Crippen LogP contribution in [-0.4, -0.2) is 28.8 Å². The summed E-state index contributed by atoms with van der Waals surface area (Å²) in [5.74, 6) is -0.391. The van der Waals surface area contributed by atoms with Crippen LogP contribution in [0.4, 0.5) is 5.69 Å². The predicted molar refractivity (Wildman–Crippen MR) is 84.2 cm³/mol. The van der Waals surface area contributed by atoms with Gasteiger partial charge >= 0.3 is 5.69 Å². The number of halogens is 1. The van der Waals surface area contributed by atoms with Gasteiger partial charge in [0.05, 0.1) is 17.6 Å². The van der Waals surface area contributed by atoms with E-state index in [-0.39, 0.29) is 28.4 Å². The maximum Gasteiger partial charge on any atom is 0.311 e. The van der Waals surface area contributed by atoms with Crippen LogP contribution in [0.1, 0.15) is 37.0 Å². The molecule has 1 aromatic carbocycles. The lowest BCUT2D eigenvalue weighted by Gasteiger charge is -2.29. The topological polar surface area (TPSA) is 81.5 Å². The average Bonchev–Trinajstić information content (AvgIpc) is 2.46. The monoisotopic (exact) mass is 358 g/mol. The zero-order valence-electron chi connectivity index (χ0n) is 12.3. The zero-order chi connectivity index (χ0) is 16.0. The third kappa shape index (κ3) is 4.17. The number of hydrogen-bond donors (Lipinski definition) is 1. The highest BCUT2D eigenvalue weighted by Gasteiger charge is 2.28. The molecule has 1 atom stereocenters. The number of benzene rings is 1. The van der Waals surface area contributed by atoms with E-state index in [4.69, 9.17) is 4.74 Å². The van der Waals surface area contributed by atoms with E-state index in [1.165, 1.54) is 25.3 Å². The molecule has 21 heavy (non-hydrogen) atoms. The Bertz CT molecular complexity index is 536. The van der Waals surface area contributed by atoms with E-state index < -0.39 is 4.92 Å². The number of nitro groups is 1. The SMILES string of the molecule is CCC(C)(CCBr)NC(=O)c1cccc([N+](=O)[O-])c1OC. The van der Waals surface area contributed by atoms with E-state index in [1.807, 2.05) is 13.8 Å². The second-order valence-electron chi connectivity index (χ2n) is 4.92. The van der Waals surface area contributed by atoms with Gasteiger partial charge in [0.1, 0.15) is 0 Å². The molecule has 116 valence electrons. The van der Waals surface area contributed by atoms with Crippen molar-refractivity contribution < 1.29 is 14.5 Å². The molecule has 0 aliphatic heterocycles. The molecule has 0 saturated heterocycles. The number of alkyl halides is 1. The first-order valence-corrected chi connectivity index (χ1v) is 7.70. The van der Waals surface area contributed by atoms with Crippen molar-refractivity contribution in [1.82, 2.24) is 5.32 Å². The molecule has 0 fully saturated rings. The fourth-order valence-electron chi connectivity index (χ4n) is 1.94. The highest BCUT2D eigenvalue weighted by Crippen LogP contribution is 2.31. The van der Waals surface area contributed by atoms with E-state index >= 15 is 0 Å². The number of hydrogen-bond acceptors (Lipinski definition) is 4. The summed E-state index contributed by atoms with van der Waals surface area (Å²) in [4.78, 5) is 22.8. The van der Waals surface area contributed by atoms with Crippen LogP contribution in [0.15, 0.2) is 18.2 Å². The van der Waals surface area contributed by atoms with Crippen LogP contribution in [-0.2, 0) is 0 Å². The molecule has 7 heteroatoms. The minimum Gasteiger partial charge on any atom is -0.490 e. The largest absolute Gasteiger partial charge is 0.490 e. The summed E-state index contributed by atoms with van der Waals surface area (Å²) in [5.41, 5.74) is -0.430. The number of para-hydroxylation sites is 1. The molecular weight excluding hydrogens is 340 g/mol. The van der Waals surface area contributed by atoms with Gasteiger partial charge in [-0.15, -0.1) is 0 Å². The van der Waals surface area contributed by atoms with Crippen molar-refractivity contribution in [3.8, 4) is 5.75 Å². The molecule has 0 saturated carbocycles. The summed E-state index contributed by atoms with van der Waals surface area (Å²) in [7, 11) is 1.32. The first-order chi connectivity index (χ1) is 9.88. The third-order valence-electron chi connectivity index (χ3n) is 3.48. The molecule has 0 aliphatic rings. The summed E-state index contributed by atoms with van der Waals surface area (Å²) in [6.07, 6.45) is 1.51. The number of methoxy groups -OCH3 is 1. The second-order valence-corrected chi connectivity index (χ2v) is 5.72. The highest BCUT2D eigenvalue weighted by atomic mass is 79.9. The normalized spacial score (nSPS) is 13.3. The van der Waals surface area contributed by atoms with Crippen LogP contribution in [0.2, 0.25) is 0 Å². The van der Waals surface area contributed by atoms with Gasteiger partial charge < -0.3 is 10.1 Å². The molecular formula is C14H19BrN2O4. The Kier molecular flexibility index (Phi) is 6.14. The molecule has 1 unspecified atom stereocenters. The number of ether oxygens (including phenoxy) is 1. The standard InChI is InChI=1S/C14H19BrN2O4/c1-4-14(2,8-9-15)16-13(18)10-6-5-7-11(17(19)20)12(10)21-3/h5-7H,4,8-9H2,1-3H3,(H,16,18). The third-order valence-corrected chi connectivity index (χ3v) is 3.88. The predicted octanol–water partition coefficient (Wildman–Crippen LogP) is 3.29. The van der Waals surface area contributed by atoms with Crippen LogP contribution >= 0.6 is 15.9 Å². The first-order valence-electron chi connectivity index (χ1n) is 6.58. The fraction of sp³-hybridized carbons (Fsp3) is 0.500. The van der Waals surface area contributed by atoms with Gasteiger partial charge in [-0.3, -0.25) is 14.9 Å². The Hall–Kier alpha value is -1.63. The van der Waals surface area contributed by atoms with Crippen LogP contribution in [0, 0.1) is 10.1 Å². The van der Waals surface area contributed by atoms with E-state index in [2.05, 4.69) is 21.2 Å². The summed E-state index contributed by atoms with van der Waals surface area (Å²) >= 11 is 3.37. The van der Waals surface area contributed by atoms with Crippen LogP contribution in [0.25, 0.3) is 0 Å². The summed E-state index contributed by atoms with van der Waals surface area (Å²) in [6, 6.07) is 4.31. The van der Waals surface area contributed by atoms with Crippen LogP contribution in [0.3, 0.4) is 0 Å². The van der Waals surface area contributed by atoms with Gasteiger partial charge in [-0.2, -0.15) is 0 Å². The van der Waals surface area contributed by atoms with Gasteiger partial charge in [0.2, 0.25) is 5.75 Å². The van der Waals surface area contributed by atoms with Gasteiger partial charge in [0, 0.05) is 16.9 Å². The van der Waals surface area contributed by atoms with Crippen molar-refractivity contribution in [3.05, 3.63) is 33.9 Å². The van der Waals surface area contributed by atoms with Crippen molar-refractivity contribution in [3.63, 3.8) is 0 Å². The summed E-state index contributed by atoms with van der Waals surface area (Å²) in [6.45, 7) is 3.92. The first kappa shape index (κ1) is 17.4. The van der Waals surface area contributed by atoms with Crippen molar-refractivity contribution in [1.29, 1.82) is 0 Å². The van der Waals surface area contributed by atoms with E-state index in [0.717, 1.165) is 18.2 Å². The summed E-state index contributed by atoms with van der Waals surface area (Å²) in [5, 5.41) is 14.7. The van der Waals surface area contributed by atoms with Crippen molar-refractivity contribution in [2.75, 3.05) is 12.4 Å². The van der Waals surface area contributed by atoms with Gasteiger partial charge in [-0.1, -0.05) is 28.9 Å². The van der Waals surface area contributed by atoms with Crippen LogP contribution < -0.4 is 10.1 Å². The maximum atomic E-state index is 12.4. The Morgan fingerprint density at radius 3 is 2.67 bits per heavy atom. The van der Waals surface area contributed by atoms with Gasteiger partial charge in [0.15, 0.2) is 0 Å². The average molecular weight is 359 g/mol. The molecule has 0 aromatic heterocycles. The minimum atomic E-state index is -0.562. The molecule has 0 heterocycles. The second kappa shape index (κ2) is 7.40. The Morgan fingerprint density at radius 1 is 1.52 bits per heavy atom. The quantitative estimate of drug-likeness (QED) is 0.460. The van der Waals surface area contributed by atoms with Crippen LogP contribution in [0.5, 0.6) is 5.75 Å². The number of nitrogens with zero attached hydrogens (tertiary/aromatic N) is 1. The minimum absolute atomic E-state index is 0.0164. The molecule has 0 radical (unpaired) electrons. The van der Waals surface area contributed by atoms with Crippen molar-refractivity contribution >= 4 is 27.5 Å². The van der Waals surface area contributed by atoms with E-state index in [1.54, 1.807) is 0 Å². The molecule has 1 amide bonds. The number of rotatable bonds is 7. The molecule has 0 bridgehead atoms. The summed E-state index contributed by atoms with van der Waals surface area (Å²) < 4.78 is 5.06. The zero-order valence-corrected chi connectivity index (χ0v) is 13.9. The van der Waals surface area contributed by atoms with Gasteiger partial charge in [-0.25, -0.2) is 0 Å². The highest BCUT2D eigenvalue weighted by molar-refractivity contribution is 9.09. The molecule has 1 rings (SSSR count). The van der Waals surface area contributed by atoms with E-state index in [9.17, 15) is 14.9 Å². The lowest BCUT2D eigenvalue weighted by molar-refractivity contribution is -0.385. The lowest BCUT2D eigenvalue weighted by atomic mass is 9.95. The molecule has 0 aliphatic carbocycles.